The van der Waals surface area contributed by atoms with Crippen LogP contribution in [0.2, 0.25) is 4.34 Å². The Kier molecular flexibility index (Phi) is 5.05. The second-order valence-corrected chi connectivity index (χ2v) is 6.65. The molecule has 1 aromatic carbocycles. The van der Waals surface area contributed by atoms with Crippen LogP contribution in [0.1, 0.15) is 21.3 Å². The van der Waals surface area contributed by atoms with Crippen LogP contribution in [0, 0.1) is 0 Å². The molecule has 2 heterocycles. The maximum Gasteiger partial charge on any atom is 0.255 e. The van der Waals surface area contributed by atoms with Crippen LogP contribution < -0.4 is 14.8 Å². The highest BCUT2D eigenvalue weighted by Crippen LogP contribution is 2.33. The summed E-state index contributed by atoms with van der Waals surface area (Å²) in [7, 11) is 1.60. The molecule has 0 spiro atoms. The number of rotatable bonds is 5. The summed E-state index contributed by atoms with van der Waals surface area (Å²) in [6.45, 7) is 1.27. The molecule has 1 atom stereocenters. The van der Waals surface area contributed by atoms with Gasteiger partial charge in [-0.3, -0.25) is 4.79 Å². The van der Waals surface area contributed by atoms with Gasteiger partial charge >= 0.3 is 0 Å². The van der Waals surface area contributed by atoms with Gasteiger partial charge in [-0.25, -0.2) is 0 Å². The van der Waals surface area contributed by atoms with Crippen molar-refractivity contribution in [3.8, 4) is 11.5 Å². The highest BCUT2D eigenvalue weighted by atomic mass is 35.5. The van der Waals surface area contributed by atoms with E-state index in [1.165, 1.54) is 11.3 Å². The number of para-hydroxylation sites is 1. The number of hydrogen-bond acceptors (Lipinski definition) is 5. The number of thiophene rings is 1. The lowest BCUT2D eigenvalue weighted by molar-refractivity contribution is 0.0830. The molecule has 0 saturated heterocycles. The van der Waals surface area contributed by atoms with Gasteiger partial charge < -0.3 is 19.5 Å². The van der Waals surface area contributed by atoms with Gasteiger partial charge in [0.15, 0.2) is 11.5 Å². The van der Waals surface area contributed by atoms with Crippen molar-refractivity contribution in [2.45, 2.75) is 6.10 Å². The second kappa shape index (κ2) is 7.21. The molecule has 0 bridgehead atoms. The maximum atomic E-state index is 12.4. The number of amides is 1. The third-order valence-corrected chi connectivity index (χ3v) is 4.78. The van der Waals surface area contributed by atoms with Crippen molar-refractivity contribution in [3.63, 3.8) is 0 Å². The van der Waals surface area contributed by atoms with Gasteiger partial charge in [-0.15, -0.1) is 11.3 Å². The first kappa shape index (κ1) is 16.1. The van der Waals surface area contributed by atoms with Gasteiger partial charge in [0.05, 0.1) is 9.90 Å². The summed E-state index contributed by atoms with van der Waals surface area (Å²) in [6.07, 6.45) is -0.242. The van der Waals surface area contributed by atoms with E-state index in [1.54, 1.807) is 25.3 Å². The summed E-state index contributed by atoms with van der Waals surface area (Å²) in [6, 6.07) is 8.99. The number of halogens is 1. The molecule has 122 valence electrons. The van der Waals surface area contributed by atoms with Crippen LogP contribution in [0.3, 0.4) is 0 Å². The van der Waals surface area contributed by atoms with E-state index in [0.717, 1.165) is 4.88 Å². The minimum absolute atomic E-state index is 0.225. The molecule has 1 aliphatic rings. The zero-order chi connectivity index (χ0) is 16.2. The van der Waals surface area contributed by atoms with Crippen molar-refractivity contribution >= 4 is 28.8 Å². The number of methoxy groups -OCH3 is 1. The molecule has 0 fully saturated rings. The summed E-state index contributed by atoms with van der Waals surface area (Å²) in [5, 5.41) is 2.87. The lowest BCUT2D eigenvalue weighted by Crippen LogP contribution is -2.30. The van der Waals surface area contributed by atoms with Gasteiger partial charge in [0.2, 0.25) is 0 Å². The molecule has 1 N–H and O–H groups in total. The van der Waals surface area contributed by atoms with E-state index < -0.39 is 0 Å². The Morgan fingerprint density at radius 1 is 1.35 bits per heavy atom. The number of ether oxygens (including phenoxy) is 3. The summed E-state index contributed by atoms with van der Waals surface area (Å²) in [5.41, 5.74) is 0.460. The largest absolute Gasteiger partial charge is 0.486 e. The number of nitrogens with one attached hydrogen (secondary N) is 1. The van der Waals surface area contributed by atoms with Crippen LogP contribution in [0.25, 0.3) is 0 Å². The van der Waals surface area contributed by atoms with Crippen LogP contribution in [0.15, 0.2) is 30.3 Å². The van der Waals surface area contributed by atoms with Crippen LogP contribution >= 0.6 is 22.9 Å². The molecule has 7 heteroatoms. The normalized spacial score (nSPS) is 14.3. The monoisotopic (exact) mass is 353 g/mol. The lowest BCUT2D eigenvalue weighted by atomic mass is 10.1. The first-order valence-electron chi connectivity index (χ1n) is 7.14. The minimum Gasteiger partial charge on any atom is -0.486 e. The van der Waals surface area contributed by atoms with Crippen molar-refractivity contribution in [1.29, 1.82) is 0 Å². The van der Waals surface area contributed by atoms with E-state index >= 15 is 0 Å². The molecular weight excluding hydrogens is 338 g/mol. The first-order valence-corrected chi connectivity index (χ1v) is 8.33. The Hall–Kier alpha value is -1.76. The molecule has 1 amide bonds. The van der Waals surface area contributed by atoms with Crippen molar-refractivity contribution in [2.75, 3.05) is 26.9 Å². The summed E-state index contributed by atoms with van der Waals surface area (Å²) < 4.78 is 17.2. The molecule has 5 nitrogen and oxygen atoms in total. The average molecular weight is 354 g/mol. The van der Waals surface area contributed by atoms with E-state index in [2.05, 4.69) is 5.32 Å². The van der Waals surface area contributed by atoms with Crippen molar-refractivity contribution < 1.29 is 19.0 Å². The molecule has 1 aromatic heterocycles. The van der Waals surface area contributed by atoms with Gasteiger partial charge in [0.1, 0.15) is 19.3 Å². The third-order valence-electron chi connectivity index (χ3n) is 3.45. The molecule has 1 aliphatic heterocycles. The minimum atomic E-state index is -0.242. The molecular formula is C16H16ClNO4S. The van der Waals surface area contributed by atoms with Crippen LogP contribution in [0.4, 0.5) is 0 Å². The zero-order valence-corrected chi connectivity index (χ0v) is 14.1. The summed E-state index contributed by atoms with van der Waals surface area (Å²) >= 11 is 7.38. The van der Waals surface area contributed by atoms with E-state index in [0.29, 0.717) is 41.2 Å². The van der Waals surface area contributed by atoms with E-state index in [-0.39, 0.29) is 12.0 Å². The van der Waals surface area contributed by atoms with Gasteiger partial charge in [-0.05, 0) is 24.3 Å². The Morgan fingerprint density at radius 3 is 2.91 bits per heavy atom. The number of carbonyl (C=O) groups is 1. The van der Waals surface area contributed by atoms with Gasteiger partial charge in [-0.1, -0.05) is 17.7 Å². The summed E-state index contributed by atoms with van der Waals surface area (Å²) in [4.78, 5) is 13.4. The SMILES string of the molecule is COC(CNC(=O)c1cccc2c1OCCO2)c1ccc(Cl)s1. The molecule has 23 heavy (non-hydrogen) atoms. The Morgan fingerprint density at radius 2 is 2.17 bits per heavy atom. The molecule has 0 aliphatic carbocycles. The smallest absolute Gasteiger partial charge is 0.255 e. The highest BCUT2D eigenvalue weighted by Gasteiger charge is 2.21. The zero-order valence-electron chi connectivity index (χ0n) is 12.5. The molecule has 2 aromatic rings. The average Bonchev–Trinajstić information content (AvgIpc) is 3.01. The number of fused-ring (bicyclic) bond motifs is 1. The van der Waals surface area contributed by atoms with Crippen LogP contribution in [-0.2, 0) is 4.74 Å². The lowest BCUT2D eigenvalue weighted by Gasteiger charge is -2.21. The van der Waals surface area contributed by atoms with Crippen molar-refractivity contribution in [1.82, 2.24) is 5.32 Å². The fraction of sp³-hybridized carbons (Fsp3) is 0.312. The Labute approximate surface area is 143 Å². The Balaban J connectivity index is 1.70. The molecule has 0 radical (unpaired) electrons. The van der Waals surface area contributed by atoms with E-state index in [4.69, 9.17) is 25.8 Å². The molecule has 1 unspecified atom stereocenters. The van der Waals surface area contributed by atoms with E-state index in [1.807, 2.05) is 12.1 Å². The van der Waals surface area contributed by atoms with E-state index in [9.17, 15) is 4.79 Å². The second-order valence-electron chi connectivity index (χ2n) is 4.91. The first-order chi connectivity index (χ1) is 11.2. The number of hydrogen-bond donors (Lipinski definition) is 1. The predicted octanol–water partition coefficient (Wildman–Crippen LogP) is 3.29. The van der Waals surface area contributed by atoms with Crippen molar-refractivity contribution in [2.24, 2.45) is 0 Å². The van der Waals surface area contributed by atoms with Crippen molar-refractivity contribution in [3.05, 3.63) is 45.1 Å². The van der Waals surface area contributed by atoms with Gasteiger partial charge in [0, 0.05) is 18.5 Å². The van der Waals surface area contributed by atoms with Gasteiger partial charge in [-0.2, -0.15) is 0 Å². The topological polar surface area (TPSA) is 56.8 Å². The molecule has 0 saturated carbocycles. The fourth-order valence-electron chi connectivity index (χ4n) is 2.33. The fourth-order valence-corrected chi connectivity index (χ4v) is 3.47. The highest BCUT2D eigenvalue weighted by molar-refractivity contribution is 7.16. The number of benzene rings is 1. The Bertz CT molecular complexity index is 703. The van der Waals surface area contributed by atoms with Gasteiger partial charge in [0.25, 0.3) is 5.91 Å². The maximum absolute atomic E-state index is 12.4. The third kappa shape index (κ3) is 3.60. The van der Waals surface area contributed by atoms with Crippen LogP contribution in [0.5, 0.6) is 11.5 Å². The summed E-state index contributed by atoms with van der Waals surface area (Å²) in [5.74, 6) is 0.860. The molecule has 3 rings (SSSR count). The predicted molar refractivity (Wildman–Crippen MR) is 88.8 cm³/mol. The quantitative estimate of drug-likeness (QED) is 0.896. The number of carbonyl (C=O) groups excluding carboxylic acids is 1. The standard InChI is InChI=1S/C16H16ClNO4S/c1-20-12(13-5-6-14(17)23-13)9-18-16(19)10-3-2-4-11-15(10)22-8-7-21-11/h2-6,12H,7-9H2,1H3,(H,18,19). The van der Waals surface area contributed by atoms with Crippen LogP contribution in [-0.4, -0.2) is 32.8 Å².